The van der Waals surface area contributed by atoms with Crippen LogP contribution in [0.15, 0.2) is 66.0 Å². The number of pyridine rings is 1. The Balaban J connectivity index is 1.29. The zero-order valence-corrected chi connectivity index (χ0v) is 23.1. The molecular formula is C32H28N2O5S. The van der Waals surface area contributed by atoms with Crippen molar-refractivity contribution >= 4 is 51.5 Å². The third-order valence-electron chi connectivity index (χ3n) is 7.92. The molecule has 4 aromatic rings. The molecule has 1 aliphatic carbocycles. The summed E-state index contributed by atoms with van der Waals surface area (Å²) in [5, 5.41) is 2.44. The summed E-state index contributed by atoms with van der Waals surface area (Å²) in [4.78, 5) is 58.5. The summed E-state index contributed by atoms with van der Waals surface area (Å²) >= 11 is 1.30. The van der Waals surface area contributed by atoms with Crippen LogP contribution in [0.25, 0.3) is 22.2 Å². The van der Waals surface area contributed by atoms with E-state index in [2.05, 4.69) is 6.92 Å². The van der Waals surface area contributed by atoms with Crippen molar-refractivity contribution in [3.63, 3.8) is 0 Å². The minimum atomic E-state index is -0.606. The summed E-state index contributed by atoms with van der Waals surface area (Å²) in [6.45, 7) is 3.71. The Labute approximate surface area is 235 Å². The predicted octanol–water partition coefficient (Wildman–Crippen LogP) is 6.24. The van der Waals surface area contributed by atoms with Crippen LogP contribution < -0.4 is 4.90 Å². The van der Waals surface area contributed by atoms with Gasteiger partial charge in [0.15, 0.2) is 6.61 Å². The number of hydrogen-bond acceptors (Lipinski definition) is 7. The molecule has 2 fully saturated rings. The van der Waals surface area contributed by atoms with E-state index in [-0.39, 0.29) is 36.0 Å². The highest BCUT2D eigenvalue weighted by Gasteiger charge is 2.49. The number of ketones is 1. The summed E-state index contributed by atoms with van der Waals surface area (Å²) in [7, 11) is 0. The Morgan fingerprint density at radius 1 is 1.00 bits per heavy atom. The number of anilines is 1. The van der Waals surface area contributed by atoms with Crippen LogP contribution in [0, 0.1) is 24.7 Å². The van der Waals surface area contributed by atoms with Crippen LogP contribution in [0.5, 0.6) is 0 Å². The first-order valence-electron chi connectivity index (χ1n) is 13.4. The maximum atomic E-state index is 13.2. The molecule has 1 saturated heterocycles. The minimum Gasteiger partial charge on any atom is -0.454 e. The molecule has 0 spiro atoms. The van der Waals surface area contributed by atoms with Crippen LogP contribution in [-0.2, 0) is 14.3 Å². The monoisotopic (exact) mass is 552 g/mol. The van der Waals surface area contributed by atoms with E-state index in [9.17, 15) is 19.2 Å². The lowest BCUT2D eigenvalue weighted by atomic mass is 9.76. The smallest absolute Gasteiger partial charge is 0.339 e. The van der Waals surface area contributed by atoms with Gasteiger partial charge in [-0.2, -0.15) is 0 Å². The van der Waals surface area contributed by atoms with Gasteiger partial charge in [-0.25, -0.2) is 9.78 Å². The Morgan fingerprint density at radius 3 is 2.52 bits per heavy atom. The highest BCUT2D eigenvalue weighted by Crippen LogP contribution is 2.42. The van der Waals surface area contributed by atoms with Gasteiger partial charge in [0.1, 0.15) is 0 Å². The quantitative estimate of drug-likeness (QED) is 0.160. The van der Waals surface area contributed by atoms with Crippen LogP contribution >= 0.6 is 11.3 Å². The van der Waals surface area contributed by atoms with Crippen molar-refractivity contribution in [3.05, 3.63) is 82.0 Å². The van der Waals surface area contributed by atoms with Gasteiger partial charge in [-0.15, -0.1) is 11.3 Å². The van der Waals surface area contributed by atoms with Crippen molar-refractivity contribution in [1.82, 2.24) is 4.98 Å². The molecule has 6 rings (SSSR count). The number of aromatic nitrogens is 1. The fourth-order valence-corrected chi connectivity index (χ4v) is 6.45. The molecule has 40 heavy (non-hydrogen) atoms. The second-order valence-corrected chi connectivity index (χ2v) is 11.7. The molecule has 2 aliphatic rings. The van der Waals surface area contributed by atoms with Gasteiger partial charge in [0.25, 0.3) is 0 Å². The lowest BCUT2D eigenvalue weighted by Gasteiger charge is -2.25. The molecule has 3 heterocycles. The average Bonchev–Trinajstić information content (AvgIpc) is 3.58. The molecule has 3 unspecified atom stereocenters. The number of rotatable bonds is 6. The lowest BCUT2D eigenvalue weighted by molar-refractivity contribution is -0.122. The topological polar surface area (TPSA) is 93.6 Å². The number of amides is 2. The van der Waals surface area contributed by atoms with Crippen molar-refractivity contribution in [3.8, 4) is 11.3 Å². The number of thiophene rings is 1. The van der Waals surface area contributed by atoms with Crippen LogP contribution in [0.3, 0.4) is 0 Å². The Morgan fingerprint density at radius 2 is 1.77 bits per heavy atom. The molecule has 0 N–H and O–H groups in total. The number of imide groups is 1. The Kier molecular flexibility index (Phi) is 6.80. The normalized spacial score (nSPS) is 20.6. The number of fused-ring (bicyclic) bond motifs is 2. The molecule has 1 saturated carbocycles. The van der Waals surface area contributed by atoms with Gasteiger partial charge in [0.2, 0.25) is 17.6 Å². The molecule has 2 aromatic carbocycles. The van der Waals surface area contributed by atoms with Crippen LogP contribution in [0.4, 0.5) is 5.69 Å². The molecule has 1 aliphatic heterocycles. The molecule has 2 amide bonds. The third kappa shape index (κ3) is 4.73. The van der Waals surface area contributed by atoms with Crippen LogP contribution in [0.2, 0.25) is 0 Å². The fourth-order valence-electron chi connectivity index (χ4n) is 5.80. The van der Waals surface area contributed by atoms with E-state index in [1.54, 1.807) is 47.8 Å². The zero-order valence-electron chi connectivity index (χ0n) is 22.3. The molecule has 202 valence electrons. The van der Waals surface area contributed by atoms with E-state index < -0.39 is 5.97 Å². The van der Waals surface area contributed by atoms with E-state index in [4.69, 9.17) is 9.72 Å². The highest BCUT2D eigenvalue weighted by atomic mass is 32.1. The number of Topliss-reactive ketones (excluding diaryl/α,β-unsaturated/α-hetero) is 1. The van der Waals surface area contributed by atoms with Gasteiger partial charge >= 0.3 is 5.97 Å². The number of aryl methyl sites for hydroxylation is 1. The van der Waals surface area contributed by atoms with Crippen molar-refractivity contribution in [2.75, 3.05) is 11.5 Å². The maximum absolute atomic E-state index is 13.2. The molecule has 2 aromatic heterocycles. The largest absolute Gasteiger partial charge is 0.454 e. The summed E-state index contributed by atoms with van der Waals surface area (Å²) in [6, 6.07) is 17.9. The Bertz CT molecular complexity index is 1640. The van der Waals surface area contributed by atoms with Crippen molar-refractivity contribution < 1.29 is 23.9 Å². The first kappa shape index (κ1) is 26.1. The molecule has 8 heteroatoms. The summed E-state index contributed by atoms with van der Waals surface area (Å²) in [5.41, 5.74) is 3.71. The number of benzene rings is 2. The van der Waals surface area contributed by atoms with Gasteiger partial charge in [-0.1, -0.05) is 36.8 Å². The van der Waals surface area contributed by atoms with Crippen molar-refractivity contribution in [1.29, 1.82) is 0 Å². The Hall–Kier alpha value is -4.17. The number of carbonyl (C=O) groups is 4. The summed E-state index contributed by atoms with van der Waals surface area (Å²) < 4.78 is 5.43. The van der Waals surface area contributed by atoms with Gasteiger partial charge in [-0.05, 0) is 73.9 Å². The second-order valence-electron chi connectivity index (χ2n) is 10.7. The van der Waals surface area contributed by atoms with E-state index in [0.717, 1.165) is 30.4 Å². The van der Waals surface area contributed by atoms with Gasteiger partial charge in [0, 0.05) is 10.9 Å². The molecule has 3 atom stereocenters. The first-order chi connectivity index (χ1) is 19.3. The minimum absolute atomic E-state index is 0.115. The van der Waals surface area contributed by atoms with Gasteiger partial charge < -0.3 is 4.74 Å². The lowest BCUT2D eigenvalue weighted by Crippen LogP contribution is -2.30. The van der Waals surface area contributed by atoms with Gasteiger partial charge in [-0.3, -0.25) is 19.3 Å². The molecule has 0 radical (unpaired) electrons. The molecule has 7 nitrogen and oxygen atoms in total. The average molecular weight is 553 g/mol. The highest BCUT2D eigenvalue weighted by molar-refractivity contribution is 7.12. The number of carbonyl (C=O) groups excluding carboxylic acids is 4. The van der Waals surface area contributed by atoms with E-state index >= 15 is 0 Å². The predicted molar refractivity (Wildman–Crippen MR) is 153 cm³/mol. The number of nitrogens with zero attached hydrogens (tertiary/aromatic N) is 2. The van der Waals surface area contributed by atoms with E-state index in [0.29, 0.717) is 38.6 Å². The zero-order chi connectivity index (χ0) is 28.0. The first-order valence-corrected chi connectivity index (χ1v) is 14.3. The van der Waals surface area contributed by atoms with E-state index in [1.807, 2.05) is 25.1 Å². The molecular weight excluding hydrogens is 524 g/mol. The van der Waals surface area contributed by atoms with Crippen molar-refractivity contribution in [2.24, 2.45) is 17.8 Å². The maximum Gasteiger partial charge on any atom is 0.339 e. The standard InChI is InChI=1S/C32H28N2O5S/c1-18-5-11-22-24(15-18)31(37)34(30(22)36)21-9-7-20(8-10-21)27-16-25(23-14-19(2)6-12-26(23)33-27)32(38)39-17-28(35)29-4-3-13-40-29/h3-4,6-10,12-14,16,18,22,24H,5,11,15,17H2,1-2H3. The second kappa shape index (κ2) is 10.4. The SMILES string of the molecule is Cc1ccc2nc(-c3ccc(N4C(=O)C5CCC(C)CC5C4=O)cc3)cc(C(=O)OCC(=O)c3cccs3)c2c1. The fraction of sp³-hybridized carbons (Fsp3) is 0.281. The summed E-state index contributed by atoms with van der Waals surface area (Å²) in [5.74, 6) is -1.11. The van der Waals surface area contributed by atoms with E-state index in [1.165, 1.54) is 16.2 Å². The third-order valence-corrected chi connectivity index (χ3v) is 8.83. The van der Waals surface area contributed by atoms with Crippen LogP contribution in [-0.4, -0.2) is 35.2 Å². The number of hydrogen-bond donors (Lipinski definition) is 0. The number of esters is 1. The van der Waals surface area contributed by atoms with Crippen LogP contribution in [0.1, 0.15) is 51.8 Å². The van der Waals surface area contributed by atoms with Crippen molar-refractivity contribution in [2.45, 2.75) is 33.1 Å². The number of ether oxygens (including phenoxy) is 1. The summed E-state index contributed by atoms with van der Waals surface area (Å²) in [6.07, 6.45) is 2.47. The molecule has 0 bridgehead atoms. The van der Waals surface area contributed by atoms with Gasteiger partial charge in [0.05, 0.1) is 39.2 Å².